The number of hydrogen-bond acceptors (Lipinski definition) is 1. The molecule has 0 bridgehead atoms. The van der Waals surface area contributed by atoms with Crippen molar-refractivity contribution in [1.82, 2.24) is 0 Å². The first-order chi connectivity index (χ1) is 6.29. The van der Waals surface area contributed by atoms with Crippen molar-refractivity contribution in [2.45, 2.75) is 12.8 Å². The molecule has 68 valence electrons. The van der Waals surface area contributed by atoms with Crippen LogP contribution >= 0.6 is 15.9 Å². The van der Waals surface area contributed by atoms with Gasteiger partial charge in [0, 0.05) is 10.9 Å². The number of aryl methyl sites for hydroxylation is 1. The SMILES string of the molecule is COC1=Cc2ccc(Br)cc2CC1. The summed E-state index contributed by atoms with van der Waals surface area (Å²) in [4.78, 5) is 0. The largest absolute Gasteiger partial charge is 0.501 e. The number of rotatable bonds is 1. The zero-order valence-electron chi connectivity index (χ0n) is 7.51. The van der Waals surface area contributed by atoms with Crippen LogP contribution in [-0.4, -0.2) is 7.11 Å². The molecule has 1 aromatic carbocycles. The average molecular weight is 239 g/mol. The minimum absolute atomic E-state index is 1.01. The number of hydrogen-bond donors (Lipinski definition) is 0. The normalized spacial score (nSPS) is 14.8. The Labute approximate surface area is 86.5 Å². The van der Waals surface area contributed by atoms with Crippen molar-refractivity contribution in [3.05, 3.63) is 39.6 Å². The highest BCUT2D eigenvalue weighted by molar-refractivity contribution is 9.10. The van der Waals surface area contributed by atoms with Crippen molar-refractivity contribution in [2.24, 2.45) is 0 Å². The van der Waals surface area contributed by atoms with Gasteiger partial charge in [0.15, 0.2) is 0 Å². The molecular weight excluding hydrogens is 228 g/mol. The van der Waals surface area contributed by atoms with Gasteiger partial charge in [0.2, 0.25) is 0 Å². The number of ether oxygens (including phenoxy) is 1. The topological polar surface area (TPSA) is 9.23 Å². The van der Waals surface area contributed by atoms with Crippen molar-refractivity contribution >= 4 is 22.0 Å². The summed E-state index contributed by atoms with van der Waals surface area (Å²) >= 11 is 3.47. The number of methoxy groups -OCH3 is 1. The van der Waals surface area contributed by atoms with E-state index in [1.165, 1.54) is 11.1 Å². The van der Waals surface area contributed by atoms with Gasteiger partial charge < -0.3 is 4.74 Å². The van der Waals surface area contributed by atoms with Gasteiger partial charge in [-0.05, 0) is 35.8 Å². The smallest absolute Gasteiger partial charge is 0.0964 e. The second-order valence-electron chi connectivity index (χ2n) is 3.16. The minimum atomic E-state index is 1.01. The quantitative estimate of drug-likeness (QED) is 0.729. The first-order valence-electron chi connectivity index (χ1n) is 4.32. The monoisotopic (exact) mass is 238 g/mol. The molecule has 0 fully saturated rings. The highest BCUT2D eigenvalue weighted by Gasteiger charge is 2.10. The second-order valence-corrected chi connectivity index (χ2v) is 4.07. The molecule has 1 aliphatic carbocycles. The molecule has 0 aliphatic heterocycles. The zero-order valence-corrected chi connectivity index (χ0v) is 9.10. The van der Waals surface area contributed by atoms with Crippen LogP contribution in [0, 0.1) is 0 Å². The van der Waals surface area contributed by atoms with E-state index in [0.29, 0.717) is 0 Å². The lowest BCUT2D eigenvalue weighted by atomic mass is 9.96. The molecule has 0 amide bonds. The molecule has 0 aromatic heterocycles. The molecule has 2 heteroatoms. The fraction of sp³-hybridized carbons (Fsp3) is 0.273. The highest BCUT2D eigenvalue weighted by Crippen LogP contribution is 2.26. The van der Waals surface area contributed by atoms with E-state index < -0.39 is 0 Å². The Balaban J connectivity index is 2.42. The fourth-order valence-corrected chi connectivity index (χ4v) is 2.00. The number of benzene rings is 1. The van der Waals surface area contributed by atoms with E-state index in [-0.39, 0.29) is 0 Å². The molecule has 13 heavy (non-hydrogen) atoms. The van der Waals surface area contributed by atoms with Gasteiger partial charge in [-0.15, -0.1) is 0 Å². The van der Waals surface area contributed by atoms with Crippen LogP contribution in [0.5, 0.6) is 0 Å². The van der Waals surface area contributed by atoms with E-state index in [1.807, 2.05) is 0 Å². The van der Waals surface area contributed by atoms with E-state index in [2.05, 4.69) is 40.2 Å². The minimum Gasteiger partial charge on any atom is -0.501 e. The van der Waals surface area contributed by atoms with E-state index in [0.717, 1.165) is 23.1 Å². The van der Waals surface area contributed by atoms with Gasteiger partial charge in [-0.3, -0.25) is 0 Å². The first-order valence-corrected chi connectivity index (χ1v) is 5.12. The molecule has 0 atom stereocenters. The summed E-state index contributed by atoms with van der Waals surface area (Å²) in [5, 5.41) is 0. The molecule has 0 unspecified atom stereocenters. The lowest BCUT2D eigenvalue weighted by Crippen LogP contribution is -2.00. The van der Waals surface area contributed by atoms with Crippen LogP contribution in [0.2, 0.25) is 0 Å². The number of fused-ring (bicyclic) bond motifs is 1. The average Bonchev–Trinajstić information content (AvgIpc) is 2.17. The first kappa shape index (κ1) is 8.82. The van der Waals surface area contributed by atoms with Crippen LogP contribution in [0.1, 0.15) is 17.5 Å². The van der Waals surface area contributed by atoms with E-state index in [9.17, 15) is 0 Å². The second kappa shape index (κ2) is 3.54. The summed E-state index contributed by atoms with van der Waals surface area (Å²) in [6.07, 6.45) is 4.21. The van der Waals surface area contributed by atoms with Crippen LogP contribution in [0.15, 0.2) is 28.4 Å². The lowest BCUT2D eigenvalue weighted by molar-refractivity contribution is 0.280. The Kier molecular flexibility index (Phi) is 2.40. The number of allylic oxidation sites excluding steroid dienone is 1. The van der Waals surface area contributed by atoms with Crippen molar-refractivity contribution < 1.29 is 4.74 Å². The summed E-state index contributed by atoms with van der Waals surface area (Å²) < 4.78 is 6.38. The summed E-state index contributed by atoms with van der Waals surface area (Å²) in [7, 11) is 1.73. The van der Waals surface area contributed by atoms with Gasteiger partial charge in [-0.1, -0.05) is 22.0 Å². The third-order valence-corrected chi connectivity index (χ3v) is 2.82. The third-order valence-electron chi connectivity index (χ3n) is 2.32. The molecule has 0 saturated carbocycles. The summed E-state index contributed by atoms with van der Waals surface area (Å²) in [6.45, 7) is 0. The van der Waals surface area contributed by atoms with Gasteiger partial charge in [0.1, 0.15) is 0 Å². The molecule has 1 nitrogen and oxygen atoms in total. The molecule has 0 spiro atoms. The molecule has 0 saturated heterocycles. The number of halogens is 1. The zero-order chi connectivity index (χ0) is 9.26. The third kappa shape index (κ3) is 1.78. The van der Waals surface area contributed by atoms with E-state index >= 15 is 0 Å². The van der Waals surface area contributed by atoms with E-state index in [4.69, 9.17) is 4.74 Å². The van der Waals surface area contributed by atoms with Gasteiger partial charge in [-0.2, -0.15) is 0 Å². The molecule has 0 radical (unpaired) electrons. The fourth-order valence-electron chi connectivity index (χ4n) is 1.60. The summed E-state index contributed by atoms with van der Waals surface area (Å²) in [6, 6.07) is 6.36. The lowest BCUT2D eigenvalue weighted by Gasteiger charge is -2.15. The van der Waals surface area contributed by atoms with Crippen molar-refractivity contribution in [2.75, 3.05) is 7.11 Å². The van der Waals surface area contributed by atoms with Crippen LogP contribution in [-0.2, 0) is 11.2 Å². The maximum atomic E-state index is 5.23. The molecule has 0 N–H and O–H groups in total. The summed E-state index contributed by atoms with van der Waals surface area (Å²) in [5.74, 6) is 1.08. The van der Waals surface area contributed by atoms with Crippen molar-refractivity contribution in [3.8, 4) is 0 Å². The maximum Gasteiger partial charge on any atom is 0.0964 e. The van der Waals surface area contributed by atoms with Gasteiger partial charge in [0.05, 0.1) is 12.9 Å². The Morgan fingerprint density at radius 2 is 2.15 bits per heavy atom. The van der Waals surface area contributed by atoms with Gasteiger partial charge in [0.25, 0.3) is 0 Å². The molecule has 2 rings (SSSR count). The summed E-state index contributed by atoms with van der Waals surface area (Å²) in [5.41, 5.74) is 2.68. The Bertz CT molecular complexity index is 355. The van der Waals surface area contributed by atoms with Crippen LogP contribution < -0.4 is 0 Å². The van der Waals surface area contributed by atoms with Gasteiger partial charge >= 0.3 is 0 Å². The predicted molar refractivity (Wildman–Crippen MR) is 57.4 cm³/mol. The Morgan fingerprint density at radius 3 is 2.92 bits per heavy atom. The van der Waals surface area contributed by atoms with Gasteiger partial charge in [-0.25, -0.2) is 0 Å². The molecule has 0 heterocycles. The van der Waals surface area contributed by atoms with Crippen molar-refractivity contribution in [3.63, 3.8) is 0 Å². The molecule has 1 aromatic rings. The predicted octanol–water partition coefficient (Wildman–Crippen LogP) is 3.38. The maximum absolute atomic E-state index is 5.23. The molecule has 1 aliphatic rings. The Morgan fingerprint density at radius 1 is 1.31 bits per heavy atom. The van der Waals surface area contributed by atoms with Crippen LogP contribution in [0.25, 0.3) is 6.08 Å². The molecular formula is C11H11BrO. The van der Waals surface area contributed by atoms with Crippen LogP contribution in [0.3, 0.4) is 0 Å². The van der Waals surface area contributed by atoms with E-state index in [1.54, 1.807) is 7.11 Å². The highest BCUT2D eigenvalue weighted by atomic mass is 79.9. The van der Waals surface area contributed by atoms with Crippen LogP contribution in [0.4, 0.5) is 0 Å². The van der Waals surface area contributed by atoms with Crippen molar-refractivity contribution in [1.29, 1.82) is 0 Å². The Hall–Kier alpha value is -0.760. The standard InChI is InChI=1S/C11H11BrO/c1-13-11-5-3-8-6-10(12)4-2-9(8)7-11/h2,4,6-7H,3,5H2,1H3.